The standard InChI is InChI=1S/C29H30N4O.C28H28N4S/c1-2-3-17-32(20-25-13-15-29(16-14-25)34-28-7-5-4-6-8-28)22-27-19-31-23-33(27)21-26-11-9-24(18-30)10-12-26;1-2-3-17-31(25-13-15-28(16-14-25)33-27-7-5-4-6-8-27)21-26-19-30-22-32(26)20-24-11-9-23(18-29)10-12-24/h4-16,19,23H,2-3,17,20-22H2,1H3;4-16,19,22H,2-3,17,20-21H2,1H3. The molecule has 0 spiro atoms. The highest BCUT2D eigenvalue weighted by atomic mass is 32.2. The van der Waals surface area contributed by atoms with Gasteiger partial charge in [0.1, 0.15) is 11.5 Å². The van der Waals surface area contributed by atoms with Crippen LogP contribution in [0.2, 0.25) is 0 Å². The number of para-hydroxylation sites is 1. The maximum absolute atomic E-state index is 9.03. The lowest BCUT2D eigenvalue weighted by Gasteiger charge is -2.25. The quantitative estimate of drug-likeness (QED) is 0.0703. The van der Waals surface area contributed by atoms with Crippen LogP contribution in [0.3, 0.4) is 0 Å². The molecular weight excluding hydrogens is 845 g/mol. The fourth-order valence-electron chi connectivity index (χ4n) is 7.57. The van der Waals surface area contributed by atoms with Crippen LogP contribution >= 0.6 is 11.8 Å². The van der Waals surface area contributed by atoms with Crippen molar-refractivity contribution in [1.29, 1.82) is 10.5 Å². The van der Waals surface area contributed by atoms with Crippen molar-refractivity contribution in [2.75, 3.05) is 18.0 Å². The zero-order valence-corrected chi connectivity index (χ0v) is 39.3. The molecule has 10 heteroatoms. The second kappa shape index (κ2) is 25.4. The normalized spacial score (nSPS) is 10.8. The summed E-state index contributed by atoms with van der Waals surface area (Å²) in [4.78, 5) is 16.2. The summed E-state index contributed by atoms with van der Waals surface area (Å²) in [6.07, 6.45) is 12.3. The lowest BCUT2D eigenvalue weighted by molar-refractivity contribution is 0.246. The summed E-state index contributed by atoms with van der Waals surface area (Å²) in [5.74, 6) is 1.69. The van der Waals surface area contributed by atoms with E-state index >= 15 is 0 Å². The molecule has 2 heterocycles. The highest BCUT2D eigenvalue weighted by Gasteiger charge is 2.14. The molecule has 338 valence electrons. The van der Waals surface area contributed by atoms with Crippen LogP contribution in [0.15, 0.2) is 193 Å². The van der Waals surface area contributed by atoms with E-state index in [2.05, 4.69) is 116 Å². The molecule has 8 rings (SSSR count). The molecule has 2 aromatic heterocycles. The molecule has 0 atom stereocenters. The first-order chi connectivity index (χ1) is 33.0. The number of hydrogen-bond donors (Lipinski definition) is 0. The molecule has 0 saturated heterocycles. The van der Waals surface area contributed by atoms with Crippen LogP contribution in [0.1, 0.15) is 78.7 Å². The smallest absolute Gasteiger partial charge is 0.127 e. The number of aromatic nitrogens is 4. The predicted molar refractivity (Wildman–Crippen MR) is 270 cm³/mol. The third-order valence-electron chi connectivity index (χ3n) is 11.3. The highest BCUT2D eigenvalue weighted by molar-refractivity contribution is 7.99. The second-order valence-electron chi connectivity index (χ2n) is 16.5. The Bertz CT molecular complexity index is 2760. The van der Waals surface area contributed by atoms with Crippen molar-refractivity contribution >= 4 is 17.4 Å². The number of imidazole rings is 2. The lowest BCUT2D eigenvalue weighted by Crippen LogP contribution is -2.25. The van der Waals surface area contributed by atoms with E-state index in [1.54, 1.807) is 11.8 Å². The Balaban J connectivity index is 0.000000199. The number of unbranched alkanes of at least 4 members (excludes halogenated alkanes) is 2. The van der Waals surface area contributed by atoms with E-state index in [9.17, 15) is 0 Å². The molecule has 8 aromatic rings. The van der Waals surface area contributed by atoms with Gasteiger partial charge in [0.25, 0.3) is 0 Å². The Morgan fingerprint density at radius 1 is 0.522 bits per heavy atom. The summed E-state index contributed by atoms with van der Waals surface area (Å²) in [6.45, 7) is 10.5. The molecule has 0 bridgehead atoms. The number of rotatable bonds is 21. The minimum atomic E-state index is 0.681. The Morgan fingerprint density at radius 3 is 1.57 bits per heavy atom. The molecule has 0 N–H and O–H groups in total. The third-order valence-corrected chi connectivity index (χ3v) is 12.3. The number of hydrogen-bond acceptors (Lipinski definition) is 8. The van der Waals surface area contributed by atoms with E-state index in [0.29, 0.717) is 11.1 Å². The molecule has 0 aliphatic rings. The summed E-state index contributed by atoms with van der Waals surface area (Å²) in [7, 11) is 0. The average molecular weight is 903 g/mol. The predicted octanol–water partition coefficient (Wildman–Crippen LogP) is 13.2. The SMILES string of the molecule is CCCCN(Cc1ccc(Oc2ccccc2)cc1)Cc1cncn1Cc1ccc(C#N)cc1.CCCCN(Cc1cncn1Cc1ccc(C#N)cc1)c1ccc(Sc2ccccc2)cc1. The minimum Gasteiger partial charge on any atom is -0.457 e. The number of nitrogens with zero attached hydrogens (tertiary/aromatic N) is 8. The average Bonchev–Trinajstić information content (AvgIpc) is 4.02. The van der Waals surface area contributed by atoms with Crippen LogP contribution in [-0.2, 0) is 32.7 Å². The summed E-state index contributed by atoms with van der Waals surface area (Å²) in [6, 6.07) is 57.4. The van der Waals surface area contributed by atoms with Gasteiger partial charge in [0.05, 0.1) is 53.9 Å². The van der Waals surface area contributed by atoms with E-state index in [1.165, 1.54) is 32.4 Å². The van der Waals surface area contributed by atoms with Crippen LogP contribution in [0.25, 0.3) is 0 Å². The lowest BCUT2D eigenvalue weighted by atomic mass is 10.1. The van der Waals surface area contributed by atoms with Crippen molar-refractivity contribution in [3.63, 3.8) is 0 Å². The van der Waals surface area contributed by atoms with Crippen LogP contribution in [-0.4, -0.2) is 37.1 Å². The van der Waals surface area contributed by atoms with E-state index in [4.69, 9.17) is 15.3 Å². The number of anilines is 1. The first-order valence-electron chi connectivity index (χ1n) is 23.1. The van der Waals surface area contributed by atoms with Crippen molar-refractivity contribution < 1.29 is 4.74 Å². The van der Waals surface area contributed by atoms with Gasteiger partial charge in [-0.1, -0.05) is 111 Å². The van der Waals surface area contributed by atoms with Crippen LogP contribution in [0, 0.1) is 22.7 Å². The molecule has 0 unspecified atom stereocenters. The molecule has 0 radical (unpaired) electrons. The van der Waals surface area contributed by atoms with Gasteiger partial charge < -0.3 is 18.8 Å². The minimum absolute atomic E-state index is 0.681. The Labute approximate surface area is 400 Å². The zero-order valence-electron chi connectivity index (χ0n) is 38.5. The van der Waals surface area contributed by atoms with Gasteiger partial charge in [-0.2, -0.15) is 10.5 Å². The maximum Gasteiger partial charge on any atom is 0.127 e. The van der Waals surface area contributed by atoms with Crippen LogP contribution in [0.4, 0.5) is 5.69 Å². The molecule has 6 aromatic carbocycles. The van der Waals surface area contributed by atoms with Crippen molar-refractivity contribution in [3.8, 4) is 23.6 Å². The summed E-state index contributed by atoms with van der Waals surface area (Å²) in [5.41, 5.74) is 8.54. The molecule has 0 amide bonds. The molecule has 9 nitrogen and oxygen atoms in total. The molecule has 0 fully saturated rings. The van der Waals surface area contributed by atoms with Crippen LogP contribution < -0.4 is 9.64 Å². The number of ether oxygens (including phenoxy) is 1. The Morgan fingerprint density at radius 2 is 1.01 bits per heavy atom. The van der Waals surface area contributed by atoms with Crippen molar-refractivity contribution in [2.24, 2.45) is 0 Å². The molecule has 0 aliphatic heterocycles. The summed E-state index contributed by atoms with van der Waals surface area (Å²) < 4.78 is 10.3. The van der Waals surface area contributed by atoms with Gasteiger partial charge in [-0.3, -0.25) is 4.90 Å². The topological polar surface area (TPSA) is 98.9 Å². The Kier molecular flexibility index (Phi) is 18.0. The zero-order chi connectivity index (χ0) is 46.5. The summed E-state index contributed by atoms with van der Waals surface area (Å²) in [5, 5.41) is 18.1. The maximum atomic E-state index is 9.03. The van der Waals surface area contributed by atoms with E-state index in [-0.39, 0.29) is 0 Å². The summed E-state index contributed by atoms with van der Waals surface area (Å²) >= 11 is 1.78. The third kappa shape index (κ3) is 14.8. The fraction of sp³-hybridized carbons (Fsp3) is 0.228. The molecule has 0 saturated carbocycles. The van der Waals surface area contributed by atoms with Gasteiger partial charge in [0.2, 0.25) is 0 Å². The van der Waals surface area contributed by atoms with E-state index in [1.807, 2.05) is 122 Å². The van der Waals surface area contributed by atoms with Gasteiger partial charge in [-0.25, -0.2) is 9.97 Å². The van der Waals surface area contributed by atoms with Gasteiger partial charge in [0, 0.05) is 60.6 Å². The van der Waals surface area contributed by atoms with Gasteiger partial charge >= 0.3 is 0 Å². The largest absolute Gasteiger partial charge is 0.457 e. The van der Waals surface area contributed by atoms with E-state index in [0.717, 1.165) is 94.1 Å². The van der Waals surface area contributed by atoms with Crippen molar-refractivity contribution in [1.82, 2.24) is 24.0 Å². The van der Waals surface area contributed by atoms with Gasteiger partial charge in [-0.15, -0.1) is 0 Å². The Hall–Kier alpha value is -7.37. The number of benzene rings is 6. The monoisotopic (exact) mass is 902 g/mol. The molecule has 67 heavy (non-hydrogen) atoms. The first kappa shape index (κ1) is 47.6. The van der Waals surface area contributed by atoms with Crippen molar-refractivity contribution in [3.05, 3.63) is 222 Å². The second-order valence-corrected chi connectivity index (χ2v) is 17.6. The van der Waals surface area contributed by atoms with E-state index < -0.39 is 0 Å². The van der Waals surface area contributed by atoms with Gasteiger partial charge in [-0.05, 0) is 121 Å². The first-order valence-corrected chi connectivity index (χ1v) is 23.9. The molecular formula is C57H58N8OS. The fourth-order valence-corrected chi connectivity index (χ4v) is 8.41. The molecule has 0 aliphatic carbocycles. The number of nitriles is 2. The van der Waals surface area contributed by atoms with Gasteiger partial charge in [0.15, 0.2) is 0 Å². The van der Waals surface area contributed by atoms with Crippen LogP contribution in [0.5, 0.6) is 11.5 Å². The highest BCUT2D eigenvalue weighted by Crippen LogP contribution is 2.30. The van der Waals surface area contributed by atoms with Crippen molar-refractivity contribution in [2.45, 2.75) is 82.0 Å².